The van der Waals surface area contributed by atoms with Crippen LogP contribution in [0.4, 0.5) is 0 Å². The fourth-order valence-corrected chi connectivity index (χ4v) is 1.51. The van der Waals surface area contributed by atoms with Gasteiger partial charge in [0.2, 0.25) is 0 Å². The van der Waals surface area contributed by atoms with Gasteiger partial charge in [0.25, 0.3) is 0 Å². The van der Waals surface area contributed by atoms with Crippen LogP contribution in [0.2, 0.25) is 0 Å². The lowest BCUT2D eigenvalue weighted by Crippen LogP contribution is -2.15. The summed E-state index contributed by atoms with van der Waals surface area (Å²) >= 11 is 0. The number of hydrogen-bond donors (Lipinski definition) is 0. The Bertz CT molecular complexity index is 169. The summed E-state index contributed by atoms with van der Waals surface area (Å²) in [6.45, 7) is 5.31. The fraction of sp³-hybridized carbons (Fsp3) is 0.923. The van der Waals surface area contributed by atoms with Crippen LogP contribution < -0.4 is 0 Å². The molecule has 0 aromatic heterocycles. The summed E-state index contributed by atoms with van der Waals surface area (Å²) < 4.78 is 10.1. The van der Waals surface area contributed by atoms with Crippen LogP contribution in [0.15, 0.2) is 0 Å². The summed E-state index contributed by atoms with van der Waals surface area (Å²) in [5, 5.41) is 0. The van der Waals surface area contributed by atoms with Gasteiger partial charge in [-0.3, -0.25) is 4.79 Å². The second kappa shape index (κ2) is 10.9. The monoisotopic (exact) mass is 230 g/mol. The van der Waals surface area contributed by atoms with Gasteiger partial charge in [0.05, 0.1) is 13.2 Å². The van der Waals surface area contributed by atoms with E-state index in [0.717, 1.165) is 12.8 Å². The third kappa shape index (κ3) is 9.97. The second-order valence-corrected chi connectivity index (χ2v) is 4.41. The molecular weight excluding hydrogens is 204 g/mol. The first-order valence-corrected chi connectivity index (χ1v) is 6.35. The van der Waals surface area contributed by atoms with Crippen LogP contribution >= 0.6 is 0 Å². The molecule has 0 saturated heterocycles. The summed E-state index contributed by atoms with van der Waals surface area (Å²) in [7, 11) is 1.66. The van der Waals surface area contributed by atoms with E-state index in [4.69, 9.17) is 9.47 Å². The lowest BCUT2D eigenvalue weighted by Gasteiger charge is -2.10. The van der Waals surface area contributed by atoms with Crippen molar-refractivity contribution in [1.82, 2.24) is 0 Å². The maximum atomic E-state index is 11.3. The fourth-order valence-electron chi connectivity index (χ4n) is 1.51. The van der Waals surface area contributed by atoms with Crippen LogP contribution in [-0.2, 0) is 14.3 Å². The van der Waals surface area contributed by atoms with E-state index in [2.05, 4.69) is 6.92 Å². The van der Waals surface area contributed by atoms with Crippen molar-refractivity contribution >= 4 is 5.97 Å². The summed E-state index contributed by atoms with van der Waals surface area (Å²) in [5.74, 6) is 0.216. The van der Waals surface area contributed by atoms with E-state index in [9.17, 15) is 4.79 Å². The molecule has 0 heterocycles. The van der Waals surface area contributed by atoms with E-state index < -0.39 is 0 Å². The predicted octanol–water partition coefficient (Wildman–Crippen LogP) is 3.17. The minimum atomic E-state index is -0.0700. The van der Waals surface area contributed by atoms with E-state index in [0.29, 0.717) is 19.6 Å². The third-order valence-electron chi connectivity index (χ3n) is 2.46. The van der Waals surface area contributed by atoms with Crippen LogP contribution in [0.1, 0.15) is 52.4 Å². The number of hydrogen-bond acceptors (Lipinski definition) is 3. The highest BCUT2D eigenvalue weighted by atomic mass is 16.5. The van der Waals surface area contributed by atoms with Crippen molar-refractivity contribution in [3.63, 3.8) is 0 Å². The van der Waals surface area contributed by atoms with Gasteiger partial charge in [-0.25, -0.2) is 0 Å². The van der Waals surface area contributed by atoms with Crippen molar-refractivity contribution in [3.05, 3.63) is 0 Å². The average Bonchev–Trinajstić information content (AvgIpc) is 2.26. The van der Waals surface area contributed by atoms with E-state index in [1.807, 2.05) is 6.92 Å². The Balaban J connectivity index is 3.30. The van der Waals surface area contributed by atoms with Gasteiger partial charge >= 0.3 is 5.97 Å². The first kappa shape index (κ1) is 15.4. The number of esters is 1. The SMILES string of the molecule is CCCCCCCC(=O)OCC(C)COC. The Morgan fingerprint density at radius 1 is 1.12 bits per heavy atom. The lowest BCUT2D eigenvalue weighted by molar-refractivity contribution is -0.145. The summed E-state index contributed by atoms with van der Waals surface area (Å²) in [6.07, 6.45) is 6.38. The van der Waals surface area contributed by atoms with Crippen molar-refractivity contribution in [2.75, 3.05) is 20.3 Å². The maximum Gasteiger partial charge on any atom is 0.305 e. The number of unbranched alkanes of at least 4 members (excludes halogenated alkanes) is 4. The second-order valence-electron chi connectivity index (χ2n) is 4.41. The first-order chi connectivity index (χ1) is 7.70. The molecule has 0 rings (SSSR count). The molecule has 0 aromatic carbocycles. The van der Waals surface area contributed by atoms with Crippen molar-refractivity contribution < 1.29 is 14.3 Å². The molecule has 1 unspecified atom stereocenters. The summed E-state index contributed by atoms with van der Waals surface area (Å²) in [4.78, 5) is 11.3. The van der Waals surface area contributed by atoms with Gasteiger partial charge in [-0.05, 0) is 6.42 Å². The molecule has 0 radical (unpaired) electrons. The predicted molar refractivity (Wildman–Crippen MR) is 65.4 cm³/mol. The van der Waals surface area contributed by atoms with Crippen LogP contribution in [-0.4, -0.2) is 26.3 Å². The molecular formula is C13H26O3. The zero-order valence-corrected chi connectivity index (χ0v) is 11.0. The average molecular weight is 230 g/mol. The van der Waals surface area contributed by atoms with Crippen molar-refractivity contribution in [2.45, 2.75) is 52.4 Å². The lowest BCUT2D eigenvalue weighted by atomic mass is 10.1. The third-order valence-corrected chi connectivity index (χ3v) is 2.46. The topological polar surface area (TPSA) is 35.5 Å². The van der Waals surface area contributed by atoms with E-state index >= 15 is 0 Å². The van der Waals surface area contributed by atoms with Gasteiger partial charge in [0.15, 0.2) is 0 Å². The number of carbonyl (C=O) groups is 1. The molecule has 96 valence electrons. The first-order valence-electron chi connectivity index (χ1n) is 6.35. The van der Waals surface area contributed by atoms with Gasteiger partial charge in [-0.1, -0.05) is 39.5 Å². The Kier molecular flexibility index (Phi) is 10.5. The van der Waals surface area contributed by atoms with E-state index in [1.165, 1.54) is 19.3 Å². The van der Waals surface area contributed by atoms with E-state index in [-0.39, 0.29) is 11.9 Å². The molecule has 0 aromatic rings. The number of methoxy groups -OCH3 is 1. The number of ether oxygens (including phenoxy) is 2. The van der Waals surface area contributed by atoms with E-state index in [1.54, 1.807) is 7.11 Å². The highest BCUT2D eigenvalue weighted by molar-refractivity contribution is 5.69. The maximum absolute atomic E-state index is 11.3. The molecule has 0 saturated carbocycles. The highest BCUT2D eigenvalue weighted by Gasteiger charge is 2.06. The number of carbonyl (C=O) groups excluding carboxylic acids is 1. The van der Waals surface area contributed by atoms with Crippen LogP contribution in [0.25, 0.3) is 0 Å². The van der Waals surface area contributed by atoms with Gasteiger partial charge in [-0.15, -0.1) is 0 Å². The molecule has 3 nitrogen and oxygen atoms in total. The van der Waals surface area contributed by atoms with Gasteiger partial charge in [0, 0.05) is 19.4 Å². The minimum Gasteiger partial charge on any atom is -0.465 e. The Morgan fingerprint density at radius 2 is 1.81 bits per heavy atom. The van der Waals surface area contributed by atoms with Crippen molar-refractivity contribution in [2.24, 2.45) is 5.92 Å². The minimum absolute atomic E-state index is 0.0700. The quantitative estimate of drug-likeness (QED) is 0.427. The highest BCUT2D eigenvalue weighted by Crippen LogP contribution is 2.06. The summed E-state index contributed by atoms with van der Waals surface area (Å²) in [6, 6.07) is 0. The molecule has 0 amide bonds. The molecule has 0 aliphatic heterocycles. The molecule has 16 heavy (non-hydrogen) atoms. The smallest absolute Gasteiger partial charge is 0.305 e. The van der Waals surface area contributed by atoms with Gasteiger partial charge < -0.3 is 9.47 Å². The van der Waals surface area contributed by atoms with Crippen LogP contribution in [0.3, 0.4) is 0 Å². The zero-order chi connectivity index (χ0) is 12.2. The molecule has 0 N–H and O–H groups in total. The molecule has 0 aliphatic carbocycles. The summed E-state index contributed by atoms with van der Waals surface area (Å²) in [5.41, 5.74) is 0. The van der Waals surface area contributed by atoms with Crippen LogP contribution in [0.5, 0.6) is 0 Å². The molecule has 0 spiro atoms. The standard InChI is InChI=1S/C13H26O3/c1-4-5-6-7-8-9-13(14)16-11-12(2)10-15-3/h12H,4-11H2,1-3H3. The molecule has 3 heteroatoms. The van der Waals surface area contributed by atoms with Crippen LogP contribution in [0, 0.1) is 5.92 Å². The Labute approximate surface area is 99.5 Å². The molecule has 0 bridgehead atoms. The number of rotatable bonds is 10. The van der Waals surface area contributed by atoms with Gasteiger partial charge in [-0.2, -0.15) is 0 Å². The Hall–Kier alpha value is -0.570. The zero-order valence-electron chi connectivity index (χ0n) is 11.0. The molecule has 0 aliphatic rings. The van der Waals surface area contributed by atoms with Crippen molar-refractivity contribution in [3.8, 4) is 0 Å². The normalized spacial score (nSPS) is 12.4. The largest absolute Gasteiger partial charge is 0.465 e. The molecule has 1 atom stereocenters. The Morgan fingerprint density at radius 3 is 2.44 bits per heavy atom. The molecule has 0 fully saturated rings. The van der Waals surface area contributed by atoms with Crippen molar-refractivity contribution in [1.29, 1.82) is 0 Å². The van der Waals surface area contributed by atoms with Gasteiger partial charge in [0.1, 0.15) is 0 Å².